The molecule has 1 aliphatic rings. The fraction of sp³-hybridized carbons (Fsp3) is 0.316. The highest BCUT2D eigenvalue weighted by atomic mass is 19.4. The van der Waals surface area contributed by atoms with Crippen LogP contribution >= 0.6 is 0 Å². The van der Waals surface area contributed by atoms with E-state index in [9.17, 15) is 36.5 Å². The van der Waals surface area contributed by atoms with Crippen LogP contribution in [-0.4, -0.2) is 36.6 Å². The molecular formula is C19H13F6N3O4. The third-order valence-corrected chi connectivity index (χ3v) is 4.52. The molecule has 2 aromatic carbocycles. The number of nitriles is 1. The average molecular weight is 461 g/mol. The molecule has 3 rings (SSSR count). The van der Waals surface area contributed by atoms with E-state index in [1.807, 2.05) is 6.07 Å². The minimum atomic E-state index is -5.15. The minimum absolute atomic E-state index is 0.254. The van der Waals surface area contributed by atoms with Gasteiger partial charge >= 0.3 is 12.4 Å². The van der Waals surface area contributed by atoms with Gasteiger partial charge in [-0.3, -0.25) is 10.1 Å². The van der Waals surface area contributed by atoms with Gasteiger partial charge in [-0.15, -0.1) is 0 Å². The summed E-state index contributed by atoms with van der Waals surface area (Å²) in [7, 11) is 0. The highest BCUT2D eigenvalue weighted by molar-refractivity contribution is 5.57. The Morgan fingerprint density at radius 2 is 1.81 bits per heavy atom. The third kappa shape index (κ3) is 5.02. The molecule has 1 fully saturated rings. The Morgan fingerprint density at radius 1 is 1.16 bits per heavy atom. The zero-order valence-electron chi connectivity index (χ0n) is 15.9. The molecular weight excluding hydrogens is 448 g/mol. The predicted molar refractivity (Wildman–Crippen MR) is 96.8 cm³/mol. The lowest BCUT2D eigenvalue weighted by molar-refractivity contribution is -0.388. The van der Waals surface area contributed by atoms with Crippen LogP contribution in [0.25, 0.3) is 0 Å². The van der Waals surface area contributed by atoms with Crippen LogP contribution in [-0.2, 0) is 10.9 Å². The molecule has 32 heavy (non-hydrogen) atoms. The smallest absolute Gasteiger partial charge is 0.433 e. The summed E-state index contributed by atoms with van der Waals surface area (Å²) in [6.07, 6.45) is -13.8. The molecule has 170 valence electrons. The van der Waals surface area contributed by atoms with Crippen molar-refractivity contribution in [2.75, 3.05) is 18.1 Å². The normalized spacial score (nSPS) is 19.0. The Balaban J connectivity index is 1.84. The Bertz CT molecular complexity index is 1030. The van der Waals surface area contributed by atoms with E-state index in [4.69, 9.17) is 14.7 Å². The molecule has 0 bridgehead atoms. The Hall–Kier alpha value is -3.53. The van der Waals surface area contributed by atoms with Crippen LogP contribution in [0.2, 0.25) is 0 Å². The maximum Gasteiger partial charge on any atom is 0.433 e. The van der Waals surface area contributed by atoms with Gasteiger partial charge < -0.3 is 14.4 Å². The first-order valence-electron chi connectivity index (χ1n) is 8.87. The highest BCUT2D eigenvalue weighted by Crippen LogP contribution is 2.41. The Labute approximate surface area is 176 Å². The highest BCUT2D eigenvalue weighted by Gasteiger charge is 2.51. The first-order chi connectivity index (χ1) is 14.9. The van der Waals surface area contributed by atoms with Gasteiger partial charge in [0.15, 0.2) is 0 Å². The van der Waals surface area contributed by atoms with Crippen molar-refractivity contribution in [1.29, 1.82) is 5.26 Å². The molecule has 13 heteroatoms. The number of anilines is 1. The lowest BCUT2D eigenvalue weighted by Crippen LogP contribution is -2.42. The van der Waals surface area contributed by atoms with Gasteiger partial charge in [0.2, 0.25) is 6.23 Å². The number of hydrogen-bond acceptors (Lipinski definition) is 6. The first-order valence-corrected chi connectivity index (χ1v) is 8.87. The van der Waals surface area contributed by atoms with E-state index in [2.05, 4.69) is 0 Å². The van der Waals surface area contributed by atoms with Crippen molar-refractivity contribution < 1.29 is 40.7 Å². The van der Waals surface area contributed by atoms with Crippen molar-refractivity contribution in [3.8, 4) is 11.8 Å². The minimum Gasteiger partial charge on any atom is -0.491 e. The van der Waals surface area contributed by atoms with Crippen molar-refractivity contribution in [3.63, 3.8) is 0 Å². The molecule has 1 heterocycles. The summed E-state index contributed by atoms with van der Waals surface area (Å²) in [4.78, 5) is 10.2. The SMILES string of the molecule is N#Cc1ccc(OCC2CN(c3ccc([N+](=O)[O-])c(C(F)(F)F)c3)C(C(F)(F)F)O2)cc1. The van der Waals surface area contributed by atoms with Gasteiger partial charge in [-0.2, -0.15) is 31.6 Å². The second-order valence-electron chi connectivity index (χ2n) is 6.71. The molecule has 0 amide bonds. The summed E-state index contributed by atoms with van der Waals surface area (Å²) in [6.45, 7) is -0.830. The van der Waals surface area contributed by atoms with Gasteiger partial charge in [-0.1, -0.05) is 0 Å². The summed E-state index contributed by atoms with van der Waals surface area (Å²) in [5.74, 6) is 0.254. The Morgan fingerprint density at radius 3 is 2.34 bits per heavy atom. The topological polar surface area (TPSA) is 88.6 Å². The fourth-order valence-corrected chi connectivity index (χ4v) is 3.10. The summed E-state index contributed by atoms with van der Waals surface area (Å²) in [5, 5.41) is 19.7. The third-order valence-electron chi connectivity index (χ3n) is 4.52. The number of nitro groups is 1. The van der Waals surface area contributed by atoms with Crippen LogP contribution < -0.4 is 9.64 Å². The number of ether oxygens (including phenoxy) is 2. The second-order valence-corrected chi connectivity index (χ2v) is 6.71. The molecule has 1 aliphatic heterocycles. The molecule has 0 N–H and O–H groups in total. The maximum atomic E-state index is 13.5. The quantitative estimate of drug-likeness (QED) is 0.366. The van der Waals surface area contributed by atoms with Crippen molar-refractivity contribution in [1.82, 2.24) is 0 Å². The summed E-state index contributed by atoms with van der Waals surface area (Å²) in [6, 6.07) is 9.23. The summed E-state index contributed by atoms with van der Waals surface area (Å²) >= 11 is 0. The molecule has 0 spiro atoms. The molecule has 2 aromatic rings. The number of rotatable bonds is 5. The van der Waals surface area contributed by atoms with Crippen molar-refractivity contribution in [2.24, 2.45) is 0 Å². The monoisotopic (exact) mass is 461 g/mol. The molecule has 0 aliphatic carbocycles. The first kappa shape index (κ1) is 23.1. The van der Waals surface area contributed by atoms with Crippen LogP contribution in [0.4, 0.5) is 37.7 Å². The fourth-order valence-electron chi connectivity index (χ4n) is 3.10. The number of nitro benzene ring substituents is 1. The number of halogens is 6. The van der Waals surface area contributed by atoms with Crippen molar-refractivity contribution in [2.45, 2.75) is 24.7 Å². The van der Waals surface area contributed by atoms with Gasteiger partial charge in [0.25, 0.3) is 5.69 Å². The predicted octanol–water partition coefficient (Wildman–Crippen LogP) is 4.66. The van der Waals surface area contributed by atoms with Crippen LogP contribution in [0.5, 0.6) is 5.75 Å². The number of hydrogen-bond donors (Lipinski definition) is 0. The van der Waals surface area contributed by atoms with E-state index in [1.165, 1.54) is 24.3 Å². The lowest BCUT2D eigenvalue weighted by Gasteiger charge is -2.27. The summed E-state index contributed by atoms with van der Waals surface area (Å²) < 4.78 is 90.5. The van der Waals surface area contributed by atoms with Gasteiger partial charge in [-0.25, -0.2) is 0 Å². The largest absolute Gasteiger partial charge is 0.491 e. The number of nitrogens with zero attached hydrogens (tertiary/aromatic N) is 3. The van der Waals surface area contributed by atoms with Crippen molar-refractivity contribution >= 4 is 11.4 Å². The number of benzene rings is 2. The zero-order chi connectivity index (χ0) is 23.7. The van der Waals surface area contributed by atoms with E-state index in [1.54, 1.807) is 0 Å². The Kier molecular flexibility index (Phi) is 6.18. The molecule has 0 saturated carbocycles. The molecule has 2 unspecified atom stereocenters. The van der Waals surface area contributed by atoms with E-state index in [0.29, 0.717) is 22.6 Å². The van der Waals surface area contributed by atoms with Gasteiger partial charge in [0.1, 0.15) is 24.0 Å². The van der Waals surface area contributed by atoms with Crippen LogP contribution in [0, 0.1) is 21.4 Å². The molecule has 1 saturated heterocycles. The zero-order valence-corrected chi connectivity index (χ0v) is 15.9. The van der Waals surface area contributed by atoms with E-state index in [0.717, 1.165) is 6.07 Å². The standard InChI is InChI=1S/C19H13F6N3O4/c20-18(21,22)15-7-12(3-6-16(15)28(29)30)27-9-14(32-17(27)19(23,24)25)10-31-13-4-1-11(8-26)2-5-13/h1-7,14,17H,9-10H2. The van der Waals surface area contributed by atoms with Gasteiger partial charge in [0.05, 0.1) is 23.1 Å². The van der Waals surface area contributed by atoms with E-state index in [-0.39, 0.29) is 12.4 Å². The molecule has 0 radical (unpaired) electrons. The second kappa shape index (κ2) is 8.54. The van der Waals surface area contributed by atoms with Gasteiger partial charge in [-0.05, 0) is 36.4 Å². The molecule has 2 atom stereocenters. The molecule has 7 nitrogen and oxygen atoms in total. The van der Waals surface area contributed by atoms with Crippen molar-refractivity contribution in [3.05, 3.63) is 63.7 Å². The van der Waals surface area contributed by atoms with Crippen LogP contribution in [0.15, 0.2) is 42.5 Å². The van der Waals surface area contributed by atoms with Crippen LogP contribution in [0.1, 0.15) is 11.1 Å². The number of alkyl halides is 6. The van der Waals surface area contributed by atoms with E-state index < -0.39 is 53.1 Å². The van der Waals surface area contributed by atoms with Gasteiger partial charge in [0, 0.05) is 11.8 Å². The molecule has 0 aromatic heterocycles. The maximum absolute atomic E-state index is 13.5. The summed E-state index contributed by atoms with van der Waals surface area (Å²) in [5.41, 5.74) is -3.13. The lowest BCUT2D eigenvalue weighted by atomic mass is 10.1. The van der Waals surface area contributed by atoms with Crippen LogP contribution in [0.3, 0.4) is 0 Å². The van der Waals surface area contributed by atoms with E-state index >= 15 is 0 Å². The average Bonchev–Trinajstić information content (AvgIpc) is 3.16.